The Morgan fingerprint density at radius 1 is 1.04 bits per heavy atom. The molecule has 2 rings (SSSR count). The monoisotopic (exact) mass is 356 g/mol. The summed E-state index contributed by atoms with van der Waals surface area (Å²) in [6.45, 7) is 0. The van der Waals surface area contributed by atoms with E-state index in [-0.39, 0.29) is 16.9 Å². The summed E-state index contributed by atoms with van der Waals surface area (Å²) in [6, 6.07) is 11.0. The minimum Gasteiger partial charge on any atom is -0.478 e. The molecular formula is C16H12N4O6. The summed E-state index contributed by atoms with van der Waals surface area (Å²) in [5.41, 5.74) is 2.15. The molecule has 0 saturated carbocycles. The number of benzene rings is 2. The van der Waals surface area contributed by atoms with Crippen LogP contribution < -0.4 is 10.7 Å². The van der Waals surface area contributed by atoms with Gasteiger partial charge in [-0.3, -0.25) is 19.7 Å². The average Bonchev–Trinajstić information content (AvgIpc) is 2.62. The molecule has 132 valence electrons. The number of carbonyl (C=O) groups excluding carboxylic acids is 2. The van der Waals surface area contributed by atoms with Crippen LogP contribution in [0.15, 0.2) is 53.6 Å². The van der Waals surface area contributed by atoms with Crippen molar-refractivity contribution >= 4 is 35.4 Å². The van der Waals surface area contributed by atoms with Gasteiger partial charge in [-0.1, -0.05) is 12.1 Å². The number of hydrazone groups is 1. The number of nitro groups is 1. The molecule has 26 heavy (non-hydrogen) atoms. The van der Waals surface area contributed by atoms with Gasteiger partial charge >= 0.3 is 17.8 Å². The Morgan fingerprint density at radius 3 is 2.31 bits per heavy atom. The van der Waals surface area contributed by atoms with E-state index in [0.29, 0.717) is 5.56 Å². The van der Waals surface area contributed by atoms with Gasteiger partial charge in [0.05, 0.1) is 22.4 Å². The molecule has 10 nitrogen and oxygen atoms in total. The Kier molecular flexibility index (Phi) is 5.72. The zero-order chi connectivity index (χ0) is 19.1. The second-order valence-electron chi connectivity index (χ2n) is 4.85. The fourth-order valence-corrected chi connectivity index (χ4v) is 1.86. The molecule has 0 aliphatic heterocycles. The van der Waals surface area contributed by atoms with Crippen LogP contribution in [-0.2, 0) is 9.59 Å². The van der Waals surface area contributed by atoms with Crippen molar-refractivity contribution in [3.05, 3.63) is 69.8 Å². The maximum absolute atomic E-state index is 11.8. The zero-order valence-corrected chi connectivity index (χ0v) is 13.1. The first-order chi connectivity index (χ1) is 12.4. The first-order valence-corrected chi connectivity index (χ1v) is 7.09. The van der Waals surface area contributed by atoms with Crippen LogP contribution in [0.5, 0.6) is 0 Å². The predicted octanol–water partition coefficient (Wildman–Crippen LogP) is 1.38. The summed E-state index contributed by atoms with van der Waals surface area (Å²) < 4.78 is 0. The van der Waals surface area contributed by atoms with Crippen molar-refractivity contribution in [1.82, 2.24) is 5.43 Å². The molecule has 2 aromatic rings. The number of carboxylic acid groups (broad SMARTS) is 1. The molecular weight excluding hydrogens is 344 g/mol. The molecule has 0 atom stereocenters. The maximum Gasteiger partial charge on any atom is 0.337 e. The topological polar surface area (TPSA) is 151 Å². The van der Waals surface area contributed by atoms with Gasteiger partial charge in [-0.15, -0.1) is 0 Å². The van der Waals surface area contributed by atoms with Gasteiger partial charge in [-0.05, 0) is 29.8 Å². The number of nitro benzene ring substituents is 1. The van der Waals surface area contributed by atoms with E-state index in [2.05, 4.69) is 10.4 Å². The van der Waals surface area contributed by atoms with E-state index >= 15 is 0 Å². The van der Waals surface area contributed by atoms with Gasteiger partial charge in [0.2, 0.25) is 0 Å². The molecule has 0 spiro atoms. The van der Waals surface area contributed by atoms with E-state index < -0.39 is 22.7 Å². The number of anilines is 1. The van der Waals surface area contributed by atoms with E-state index in [1.54, 1.807) is 0 Å². The van der Waals surface area contributed by atoms with Crippen molar-refractivity contribution in [2.45, 2.75) is 0 Å². The summed E-state index contributed by atoms with van der Waals surface area (Å²) in [6.07, 6.45) is 1.19. The minimum atomic E-state index is -1.25. The van der Waals surface area contributed by atoms with Crippen molar-refractivity contribution < 1.29 is 24.4 Å². The number of hydrogen-bond donors (Lipinski definition) is 3. The van der Waals surface area contributed by atoms with Gasteiger partial charge in [0.25, 0.3) is 5.69 Å². The number of amides is 2. The zero-order valence-electron chi connectivity index (χ0n) is 13.1. The maximum atomic E-state index is 11.8. The van der Waals surface area contributed by atoms with Crippen molar-refractivity contribution in [2.24, 2.45) is 5.10 Å². The smallest absolute Gasteiger partial charge is 0.337 e. The minimum absolute atomic E-state index is 0.0282. The molecule has 0 aromatic heterocycles. The number of carbonyl (C=O) groups is 3. The van der Waals surface area contributed by atoms with E-state index in [1.807, 2.05) is 5.43 Å². The number of nitrogens with one attached hydrogen (secondary N) is 2. The Balaban J connectivity index is 1.96. The van der Waals surface area contributed by atoms with E-state index in [1.165, 1.54) is 54.7 Å². The highest BCUT2D eigenvalue weighted by atomic mass is 16.6. The summed E-state index contributed by atoms with van der Waals surface area (Å²) in [5.74, 6) is -3.46. The Bertz CT molecular complexity index is 892. The number of aromatic carboxylic acids is 1. The summed E-state index contributed by atoms with van der Waals surface area (Å²) in [4.78, 5) is 44.5. The molecule has 0 heterocycles. The molecule has 0 aliphatic carbocycles. The molecule has 10 heteroatoms. The molecule has 0 fully saturated rings. The lowest BCUT2D eigenvalue weighted by molar-refractivity contribution is -0.384. The number of rotatable bonds is 5. The van der Waals surface area contributed by atoms with Gasteiger partial charge in [0.1, 0.15) is 0 Å². The second-order valence-corrected chi connectivity index (χ2v) is 4.85. The summed E-state index contributed by atoms with van der Waals surface area (Å²) >= 11 is 0. The van der Waals surface area contributed by atoms with Crippen molar-refractivity contribution in [3.8, 4) is 0 Å². The first-order valence-electron chi connectivity index (χ1n) is 7.09. The Labute approximate surface area is 146 Å². The fourth-order valence-electron chi connectivity index (χ4n) is 1.86. The third-order valence-corrected chi connectivity index (χ3v) is 3.10. The van der Waals surface area contributed by atoms with Gasteiger partial charge in [-0.25, -0.2) is 10.2 Å². The number of non-ortho nitro benzene ring substituents is 1. The fraction of sp³-hybridized carbons (Fsp3) is 0. The SMILES string of the molecule is O=C(N/N=C\c1ccc([N+](=O)[O-])cc1)C(=O)Nc1ccccc1C(=O)O. The van der Waals surface area contributed by atoms with Crippen molar-refractivity contribution in [2.75, 3.05) is 5.32 Å². The molecule has 0 bridgehead atoms. The number of hydrogen-bond acceptors (Lipinski definition) is 6. The lowest BCUT2D eigenvalue weighted by Gasteiger charge is -2.06. The molecule has 0 radical (unpaired) electrons. The largest absolute Gasteiger partial charge is 0.478 e. The molecule has 0 aliphatic rings. The van der Waals surface area contributed by atoms with Crippen molar-refractivity contribution in [3.63, 3.8) is 0 Å². The highest BCUT2D eigenvalue weighted by Crippen LogP contribution is 2.14. The third-order valence-electron chi connectivity index (χ3n) is 3.10. The van der Waals surface area contributed by atoms with Crippen molar-refractivity contribution in [1.29, 1.82) is 0 Å². The van der Waals surface area contributed by atoms with Gasteiger partial charge < -0.3 is 10.4 Å². The van der Waals surface area contributed by atoms with Crippen LogP contribution in [0.4, 0.5) is 11.4 Å². The van der Waals surface area contributed by atoms with Gasteiger partial charge in [-0.2, -0.15) is 5.10 Å². The van der Waals surface area contributed by atoms with Crippen LogP contribution in [0.1, 0.15) is 15.9 Å². The van der Waals surface area contributed by atoms with Crippen LogP contribution in [0, 0.1) is 10.1 Å². The number of para-hydroxylation sites is 1. The van der Waals surface area contributed by atoms with Crippen LogP contribution >= 0.6 is 0 Å². The number of carboxylic acids is 1. The number of nitrogens with zero attached hydrogens (tertiary/aromatic N) is 2. The van der Waals surface area contributed by atoms with Gasteiger partial charge in [0.15, 0.2) is 0 Å². The summed E-state index contributed by atoms with van der Waals surface area (Å²) in [7, 11) is 0. The first kappa shape index (κ1) is 18.3. The molecule has 3 N–H and O–H groups in total. The molecule has 0 saturated heterocycles. The molecule has 0 unspecified atom stereocenters. The van der Waals surface area contributed by atoms with Crippen LogP contribution in [-0.4, -0.2) is 34.0 Å². The standard InChI is InChI=1S/C16H12N4O6/c21-14(18-13-4-2-1-3-12(13)16(23)24)15(22)19-17-9-10-5-7-11(8-6-10)20(25)26/h1-9H,(H,18,21)(H,19,22)(H,23,24)/b17-9-. The van der Waals surface area contributed by atoms with Gasteiger partial charge in [0, 0.05) is 12.1 Å². The van der Waals surface area contributed by atoms with Crippen LogP contribution in [0.3, 0.4) is 0 Å². The van der Waals surface area contributed by atoms with Crippen LogP contribution in [0.2, 0.25) is 0 Å². The normalized spacial score (nSPS) is 10.3. The highest BCUT2D eigenvalue weighted by molar-refractivity contribution is 6.39. The molecule has 2 aromatic carbocycles. The summed E-state index contributed by atoms with van der Waals surface area (Å²) in [5, 5.41) is 25.3. The second kappa shape index (κ2) is 8.15. The Morgan fingerprint density at radius 2 is 1.69 bits per heavy atom. The lowest BCUT2D eigenvalue weighted by atomic mass is 10.2. The lowest BCUT2D eigenvalue weighted by Crippen LogP contribution is -2.32. The third kappa shape index (κ3) is 4.71. The van der Waals surface area contributed by atoms with Crippen LogP contribution in [0.25, 0.3) is 0 Å². The van der Waals surface area contributed by atoms with E-state index in [0.717, 1.165) is 0 Å². The molecule has 2 amide bonds. The quantitative estimate of drug-likeness (QED) is 0.319. The average molecular weight is 356 g/mol. The predicted molar refractivity (Wildman–Crippen MR) is 90.9 cm³/mol. The van der Waals surface area contributed by atoms with E-state index in [4.69, 9.17) is 5.11 Å². The Hall–Kier alpha value is -4.08. The highest BCUT2D eigenvalue weighted by Gasteiger charge is 2.16. The van der Waals surface area contributed by atoms with E-state index in [9.17, 15) is 24.5 Å².